The Morgan fingerprint density at radius 1 is 1.48 bits per heavy atom. The van der Waals surface area contributed by atoms with E-state index in [9.17, 15) is 4.79 Å². The zero-order chi connectivity index (χ0) is 18.0. The van der Waals surface area contributed by atoms with Crippen LogP contribution < -0.4 is 10.1 Å². The highest BCUT2D eigenvalue weighted by Crippen LogP contribution is 2.30. The van der Waals surface area contributed by atoms with Crippen molar-refractivity contribution in [2.75, 3.05) is 13.7 Å². The first-order valence-electron chi connectivity index (χ1n) is 8.32. The van der Waals surface area contributed by atoms with E-state index in [4.69, 9.17) is 21.1 Å². The van der Waals surface area contributed by atoms with Gasteiger partial charge in [0.15, 0.2) is 5.69 Å². The Balaban J connectivity index is 1.65. The monoisotopic (exact) mass is 363 g/mol. The van der Waals surface area contributed by atoms with E-state index in [0.29, 0.717) is 30.1 Å². The lowest BCUT2D eigenvalue weighted by Gasteiger charge is -2.25. The number of hydrogen-bond acceptors (Lipinski definition) is 4. The lowest BCUT2D eigenvalue weighted by Crippen LogP contribution is -2.29. The van der Waals surface area contributed by atoms with Gasteiger partial charge in [0.05, 0.1) is 25.0 Å². The van der Waals surface area contributed by atoms with Gasteiger partial charge in [0, 0.05) is 23.6 Å². The van der Waals surface area contributed by atoms with E-state index >= 15 is 0 Å². The minimum Gasteiger partial charge on any atom is -0.496 e. The highest BCUT2D eigenvalue weighted by molar-refractivity contribution is 6.30. The topological polar surface area (TPSA) is 76.2 Å². The molecule has 1 aliphatic rings. The van der Waals surface area contributed by atoms with Crippen LogP contribution in [0.25, 0.3) is 0 Å². The van der Waals surface area contributed by atoms with Crippen molar-refractivity contribution in [2.45, 2.75) is 38.9 Å². The van der Waals surface area contributed by atoms with Crippen molar-refractivity contribution in [2.24, 2.45) is 0 Å². The van der Waals surface area contributed by atoms with Crippen molar-refractivity contribution in [1.82, 2.24) is 15.5 Å². The van der Waals surface area contributed by atoms with Crippen LogP contribution in [0.5, 0.6) is 5.75 Å². The fraction of sp³-hybridized carbons (Fsp3) is 0.444. The Labute approximate surface area is 151 Å². The number of ether oxygens (including phenoxy) is 2. The standard InChI is InChI=1S/C18H22ClN3O3/c1-10-8-14-16(11(2)25-10)21-22-17(14)18(23)20-7-6-12-9-13(19)4-5-15(12)24-3/h4-5,9-11H,6-8H2,1-3H3,(H,20,23)(H,21,22)/t10-,11+/m0/s1. The highest BCUT2D eigenvalue weighted by Gasteiger charge is 2.29. The van der Waals surface area contributed by atoms with Gasteiger partial charge in [-0.1, -0.05) is 11.6 Å². The van der Waals surface area contributed by atoms with E-state index in [1.165, 1.54) is 0 Å². The molecule has 1 amide bonds. The smallest absolute Gasteiger partial charge is 0.272 e. The zero-order valence-corrected chi connectivity index (χ0v) is 15.3. The summed E-state index contributed by atoms with van der Waals surface area (Å²) >= 11 is 6.03. The molecule has 1 aromatic carbocycles. The molecule has 7 heteroatoms. The van der Waals surface area contributed by atoms with Crippen LogP contribution in [0, 0.1) is 0 Å². The quantitative estimate of drug-likeness (QED) is 0.856. The van der Waals surface area contributed by atoms with Gasteiger partial charge in [0.1, 0.15) is 5.75 Å². The second-order valence-electron chi connectivity index (χ2n) is 6.22. The van der Waals surface area contributed by atoms with Gasteiger partial charge >= 0.3 is 0 Å². The number of carbonyl (C=O) groups is 1. The third-order valence-electron chi connectivity index (χ3n) is 4.37. The first kappa shape index (κ1) is 17.8. The number of aromatic amines is 1. The Hall–Kier alpha value is -2.05. The number of rotatable bonds is 5. The van der Waals surface area contributed by atoms with Gasteiger partial charge in [0.25, 0.3) is 5.91 Å². The van der Waals surface area contributed by atoms with Gasteiger partial charge in [-0.2, -0.15) is 5.10 Å². The van der Waals surface area contributed by atoms with Crippen molar-refractivity contribution < 1.29 is 14.3 Å². The molecule has 0 bridgehead atoms. The summed E-state index contributed by atoms with van der Waals surface area (Å²) in [6, 6.07) is 5.46. The zero-order valence-electron chi connectivity index (χ0n) is 14.6. The highest BCUT2D eigenvalue weighted by atomic mass is 35.5. The van der Waals surface area contributed by atoms with E-state index < -0.39 is 0 Å². The van der Waals surface area contributed by atoms with Crippen molar-refractivity contribution in [3.05, 3.63) is 45.7 Å². The van der Waals surface area contributed by atoms with Crippen molar-refractivity contribution >= 4 is 17.5 Å². The van der Waals surface area contributed by atoms with Crippen LogP contribution in [-0.2, 0) is 17.6 Å². The number of hydrogen-bond donors (Lipinski definition) is 2. The molecule has 0 unspecified atom stereocenters. The summed E-state index contributed by atoms with van der Waals surface area (Å²) in [6.45, 7) is 4.43. The SMILES string of the molecule is COc1ccc(Cl)cc1CCNC(=O)c1n[nH]c2c1C[C@H](C)O[C@@H]2C. The summed E-state index contributed by atoms with van der Waals surface area (Å²) in [6.07, 6.45) is 1.30. The molecule has 0 radical (unpaired) electrons. The second-order valence-corrected chi connectivity index (χ2v) is 6.66. The molecule has 25 heavy (non-hydrogen) atoms. The summed E-state index contributed by atoms with van der Waals surface area (Å²) in [4.78, 5) is 12.5. The Morgan fingerprint density at radius 3 is 3.04 bits per heavy atom. The Kier molecular flexibility index (Phi) is 5.30. The number of amides is 1. The van der Waals surface area contributed by atoms with Crippen molar-refractivity contribution in [1.29, 1.82) is 0 Å². The van der Waals surface area contributed by atoms with Gasteiger partial charge in [0.2, 0.25) is 0 Å². The maximum atomic E-state index is 12.5. The average molecular weight is 364 g/mol. The number of nitrogens with zero attached hydrogens (tertiary/aromatic N) is 1. The van der Waals surface area contributed by atoms with Gasteiger partial charge in [-0.05, 0) is 44.0 Å². The van der Waals surface area contributed by atoms with Crippen LogP contribution in [0.1, 0.15) is 47.3 Å². The summed E-state index contributed by atoms with van der Waals surface area (Å²) in [7, 11) is 1.62. The first-order valence-corrected chi connectivity index (χ1v) is 8.70. The van der Waals surface area contributed by atoms with Crippen molar-refractivity contribution in [3.8, 4) is 5.75 Å². The molecule has 1 aliphatic heterocycles. The maximum Gasteiger partial charge on any atom is 0.272 e. The number of H-pyrrole nitrogens is 1. The van der Waals surface area contributed by atoms with Crippen molar-refractivity contribution in [3.63, 3.8) is 0 Å². The molecule has 2 N–H and O–H groups in total. The minimum absolute atomic E-state index is 0.0716. The van der Waals surface area contributed by atoms with Gasteiger partial charge in [-0.15, -0.1) is 0 Å². The summed E-state index contributed by atoms with van der Waals surface area (Å²) < 4.78 is 11.1. The Morgan fingerprint density at radius 2 is 2.28 bits per heavy atom. The number of methoxy groups -OCH3 is 1. The lowest BCUT2D eigenvalue weighted by molar-refractivity contribution is -0.00697. The molecule has 3 rings (SSSR count). The number of fused-ring (bicyclic) bond motifs is 1. The maximum absolute atomic E-state index is 12.5. The number of aromatic nitrogens is 2. The summed E-state index contributed by atoms with van der Waals surface area (Å²) in [5, 5.41) is 10.7. The van der Waals surface area contributed by atoms with Crippen LogP contribution in [0.4, 0.5) is 0 Å². The number of benzene rings is 1. The summed E-state index contributed by atoms with van der Waals surface area (Å²) in [5.41, 5.74) is 3.24. The van der Waals surface area contributed by atoms with E-state index in [-0.39, 0.29) is 18.1 Å². The first-order chi connectivity index (χ1) is 12.0. The number of nitrogens with one attached hydrogen (secondary N) is 2. The predicted molar refractivity (Wildman–Crippen MR) is 95.3 cm³/mol. The fourth-order valence-corrected chi connectivity index (χ4v) is 3.39. The Bertz CT molecular complexity index is 775. The van der Waals surface area contributed by atoms with Crippen LogP contribution in [0.15, 0.2) is 18.2 Å². The predicted octanol–water partition coefficient (Wildman–Crippen LogP) is 3.07. The largest absolute Gasteiger partial charge is 0.496 e. The molecule has 1 aromatic heterocycles. The third-order valence-corrected chi connectivity index (χ3v) is 4.61. The molecule has 6 nitrogen and oxygen atoms in total. The normalized spacial score (nSPS) is 19.4. The van der Waals surface area contributed by atoms with Crippen LogP contribution in [-0.4, -0.2) is 35.9 Å². The van der Waals surface area contributed by atoms with E-state index in [2.05, 4.69) is 15.5 Å². The number of halogens is 1. The average Bonchev–Trinajstić information content (AvgIpc) is 2.99. The lowest BCUT2D eigenvalue weighted by atomic mass is 9.99. The molecule has 0 spiro atoms. The molecular formula is C18H22ClN3O3. The summed E-state index contributed by atoms with van der Waals surface area (Å²) in [5.74, 6) is 0.579. The van der Waals surface area contributed by atoms with E-state index in [1.807, 2.05) is 26.0 Å². The molecule has 2 aromatic rings. The van der Waals surface area contributed by atoms with Crippen LogP contribution in [0.3, 0.4) is 0 Å². The number of carbonyl (C=O) groups excluding carboxylic acids is 1. The second kappa shape index (κ2) is 7.45. The molecule has 2 heterocycles. The van der Waals surface area contributed by atoms with Crippen LogP contribution >= 0.6 is 11.6 Å². The molecule has 134 valence electrons. The van der Waals surface area contributed by atoms with E-state index in [0.717, 1.165) is 22.6 Å². The molecule has 0 aliphatic carbocycles. The molecule has 0 saturated carbocycles. The van der Waals surface area contributed by atoms with Gasteiger partial charge in [-0.3, -0.25) is 9.89 Å². The van der Waals surface area contributed by atoms with E-state index in [1.54, 1.807) is 13.2 Å². The van der Waals surface area contributed by atoms with Gasteiger partial charge < -0.3 is 14.8 Å². The third kappa shape index (κ3) is 3.80. The minimum atomic E-state index is -0.181. The molecule has 0 fully saturated rings. The van der Waals surface area contributed by atoms with Gasteiger partial charge in [-0.25, -0.2) is 0 Å². The van der Waals surface area contributed by atoms with Crippen LogP contribution in [0.2, 0.25) is 5.02 Å². The fourth-order valence-electron chi connectivity index (χ4n) is 3.20. The molecule has 2 atom stereocenters. The molecule has 0 saturated heterocycles. The molecular weight excluding hydrogens is 342 g/mol.